The summed E-state index contributed by atoms with van der Waals surface area (Å²) in [5, 5.41) is 0.170. The van der Waals surface area contributed by atoms with Gasteiger partial charge in [-0.25, -0.2) is 4.79 Å². The van der Waals surface area contributed by atoms with E-state index in [-0.39, 0.29) is 17.1 Å². The predicted octanol–water partition coefficient (Wildman–Crippen LogP) is 6.08. The molecule has 40 heavy (non-hydrogen) atoms. The minimum Gasteiger partial charge on any atom is -0.616 e. The molecule has 0 aliphatic heterocycles. The van der Waals surface area contributed by atoms with Crippen molar-refractivity contribution < 1.29 is 18.9 Å². The van der Waals surface area contributed by atoms with E-state index in [9.17, 15) is 14.1 Å². The monoisotopic (exact) mass is 558 g/mol. The molecule has 4 rings (SSSR count). The van der Waals surface area contributed by atoms with Crippen LogP contribution in [0.3, 0.4) is 0 Å². The fourth-order valence-electron chi connectivity index (χ4n) is 5.12. The molecule has 1 amide bonds. The average molecular weight is 559 g/mol. The van der Waals surface area contributed by atoms with Crippen molar-refractivity contribution in [3.8, 4) is 11.1 Å². The lowest BCUT2D eigenvalue weighted by Gasteiger charge is -2.32. The van der Waals surface area contributed by atoms with E-state index in [1.165, 1.54) is 13.2 Å². The van der Waals surface area contributed by atoms with Crippen molar-refractivity contribution in [2.75, 3.05) is 37.3 Å². The predicted molar refractivity (Wildman–Crippen MR) is 165 cm³/mol. The molecule has 7 heteroatoms. The van der Waals surface area contributed by atoms with Gasteiger partial charge in [0.25, 0.3) is 0 Å². The Morgan fingerprint density at radius 1 is 0.925 bits per heavy atom. The van der Waals surface area contributed by atoms with E-state index in [2.05, 4.69) is 53.4 Å². The Hall–Kier alpha value is -3.55. The van der Waals surface area contributed by atoms with Crippen LogP contribution in [0, 0.1) is 5.92 Å². The third kappa shape index (κ3) is 7.55. The largest absolute Gasteiger partial charge is 0.616 e. The molecule has 0 bridgehead atoms. The Labute approximate surface area is 240 Å². The van der Waals surface area contributed by atoms with Crippen LogP contribution in [0.2, 0.25) is 0 Å². The van der Waals surface area contributed by atoms with Crippen molar-refractivity contribution in [1.82, 2.24) is 0 Å². The summed E-state index contributed by atoms with van der Waals surface area (Å²) >= 11 is -0.863. The van der Waals surface area contributed by atoms with E-state index >= 15 is 0 Å². The fraction of sp³-hybridized carbons (Fsp3) is 0.333. The minimum atomic E-state index is -0.863. The van der Waals surface area contributed by atoms with Crippen molar-refractivity contribution in [3.05, 3.63) is 90.0 Å². The molecule has 1 unspecified atom stereocenters. The zero-order valence-corrected chi connectivity index (χ0v) is 24.5. The van der Waals surface area contributed by atoms with Crippen LogP contribution in [-0.2, 0) is 32.0 Å². The summed E-state index contributed by atoms with van der Waals surface area (Å²) in [6.07, 6.45) is 7.91. The first-order valence-electron chi connectivity index (χ1n) is 13.6. The standard InChI is InChI=1S/C33H38N2O4S/c1-34(2)29-17-13-27(14-18-29)26-11-8-25(9-12-26)23-35(33(37)28-15-19-31(20-16-28)40(4)38)30-7-5-6-24(22-30)10-21-32(36)39-3/h5-14,17-18,21-22,28,31H,15-16,19-20,23H2,1-4H3/b21-10+. The first-order chi connectivity index (χ1) is 19.2. The number of ether oxygens (including phenoxy) is 1. The molecule has 1 atom stereocenters. The fourth-order valence-corrected chi connectivity index (χ4v) is 6.06. The highest BCUT2D eigenvalue weighted by Gasteiger charge is 2.33. The van der Waals surface area contributed by atoms with Crippen molar-refractivity contribution in [2.24, 2.45) is 5.92 Å². The second-order valence-corrected chi connectivity index (χ2v) is 12.2. The Balaban J connectivity index is 1.58. The van der Waals surface area contributed by atoms with Crippen LogP contribution in [0.4, 0.5) is 11.4 Å². The molecular formula is C33H38N2O4S. The number of benzene rings is 3. The number of hydrogen-bond donors (Lipinski definition) is 0. The van der Waals surface area contributed by atoms with Crippen LogP contribution in [0.15, 0.2) is 78.9 Å². The highest BCUT2D eigenvalue weighted by molar-refractivity contribution is 7.91. The van der Waals surface area contributed by atoms with Gasteiger partial charge < -0.3 is 19.1 Å². The summed E-state index contributed by atoms with van der Waals surface area (Å²) in [6.45, 7) is 0.433. The van der Waals surface area contributed by atoms with Crippen molar-refractivity contribution in [2.45, 2.75) is 37.5 Å². The molecule has 3 aromatic rings. The topological polar surface area (TPSA) is 72.9 Å². The number of carbonyl (C=O) groups is 2. The van der Waals surface area contributed by atoms with E-state index in [0.717, 1.165) is 59.3 Å². The maximum Gasteiger partial charge on any atom is 0.330 e. The van der Waals surface area contributed by atoms with Crippen molar-refractivity contribution >= 4 is 40.5 Å². The molecule has 1 saturated carbocycles. The molecule has 0 spiro atoms. The molecule has 1 fully saturated rings. The molecule has 210 valence electrons. The summed E-state index contributed by atoms with van der Waals surface area (Å²) in [6, 6.07) is 24.4. The number of methoxy groups -OCH3 is 1. The number of carbonyl (C=O) groups excluding carboxylic acids is 2. The number of nitrogens with zero attached hydrogens (tertiary/aromatic N) is 2. The minimum absolute atomic E-state index is 0.0813. The smallest absolute Gasteiger partial charge is 0.330 e. The Morgan fingerprint density at radius 3 is 2.12 bits per heavy atom. The van der Waals surface area contributed by atoms with Gasteiger partial charge >= 0.3 is 5.97 Å². The van der Waals surface area contributed by atoms with Gasteiger partial charge in [0.2, 0.25) is 5.91 Å². The number of esters is 1. The maximum atomic E-state index is 13.9. The molecule has 3 aromatic carbocycles. The van der Waals surface area contributed by atoms with E-state index in [0.29, 0.717) is 6.54 Å². The van der Waals surface area contributed by atoms with E-state index in [4.69, 9.17) is 4.74 Å². The lowest BCUT2D eigenvalue weighted by molar-refractivity contribution is -0.134. The van der Waals surface area contributed by atoms with Crippen LogP contribution < -0.4 is 9.80 Å². The first-order valence-corrected chi connectivity index (χ1v) is 15.2. The lowest BCUT2D eigenvalue weighted by Crippen LogP contribution is -2.39. The Bertz CT molecular complexity index is 1310. The van der Waals surface area contributed by atoms with Gasteiger partial charge in [-0.1, -0.05) is 59.7 Å². The number of rotatable bonds is 9. The zero-order valence-electron chi connectivity index (χ0n) is 23.7. The van der Waals surface area contributed by atoms with Crippen LogP contribution in [0.5, 0.6) is 0 Å². The molecule has 1 aliphatic carbocycles. The van der Waals surface area contributed by atoms with Crippen molar-refractivity contribution in [1.29, 1.82) is 0 Å². The van der Waals surface area contributed by atoms with Crippen LogP contribution in [0.25, 0.3) is 17.2 Å². The van der Waals surface area contributed by atoms with Gasteiger partial charge in [0, 0.05) is 37.5 Å². The molecule has 6 nitrogen and oxygen atoms in total. The first kappa shape index (κ1) is 29.4. The average Bonchev–Trinajstić information content (AvgIpc) is 2.98. The Kier molecular flexibility index (Phi) is 10.1. The maximum absolute atomic E-state index is 13.9. The van der Waals surface area contributed by atoms with Gasteiger partial charge in [-0.2, -0.15) is 0 Å². The molecule has 0 radical (unpaired) electrons. The van der Waals surface area contributed by atoms with Crippen LogP contribution >= 0.6 is 0 Å². The lowest BCUT2D eigenvalue weighted by atomic mass is 9.87. The summed E-state index contributed by atoms with van der Waals surface area (Å²) in [4.78, 5) is 29.5. The summed E-state index contributed by atoms with van der Waals surface area (Å²) < 4.78 is 16.7. The number of amides is 1. The van der Waals surface area contributed by atoms with E-state index in [1.54, 1.807) is 12.3 Å². The third-order valence-corrected chi connectivity index (χ3v) is 8.98. The van der Waals surface area contributed by atoms with Gasteiger partial charge in [-0.3, -0.25) is 4.79 Å². The van der Waals surface area contributed by atoms with Gasteiger partial charge in [-0.05, 0) is 78.3 Å². The van der Waals surface area contributed by atoms with Crippen LogP contribution in [-0.4, -0.2) is 49.1 Å². The summed E-state index contributed by atoms with van der Waals surface area (Å²) in [5.74, 6) is -0.457. The summed E-state index contributed by atoms with van der Waals surface area (Å²) in [5.41, 5.74) is 6.02. The molecule has 1 aliphatic rings. The van der Waals surface area contributed by atoms with Gasteiger partial charge in [0.05, 0.1) is 19.9 Å². The normalized spacial score (nSPS) is 17.8. The van der Waals surface area contributed by atoms with Gasteiger partial charge in [-0.15, -0.1) is 0 Å². The zero-order chi connectivity index (χ0) is 28.6. The van der Waals surface area contributed by atoms with E-state index < -0.39 is 17.1 Å². The third-order valence-electron chi connectivity index (χ3n) is 7.57. The van der Waals surface area contributed by atoms with Gasteiger partial charge in [0.1, 0.15) is 5.25 Å². The summed E-state index contributed by atoms with van der Waals surface area (Å²) in [7, 11) is 5.40. The molecule has 0 heterocycles. The molecular weight excluding hydrogens is 520 g/mol. The van der Waals surface area contributed by atoms with E-state index in [1.807, 2.05) is 43.3 Å². The quantitative estimate of drug-likeness (QED) is 0.181. The molecule has 0 saturated heterocycles. The number of hydrogen-bond acceptors (Lipinski definition) is 5. The van der Waals surface area contributed by atoms with Crippen molar-refractivity contribution in [3.63, 3.8) is 0 Å². The highest BCUT2D eigenvalue weighted by atomic mass is 32.2. The second-order valence-electron chi connectivity index (χ2n) is 10.5. The highest BCUT2D eigenvalue weighted by Crippen LogP contribution is 2.32. The van der Waals surface area contributed by atoms with Gasteiger partial charge in [0.15, 0.2) is 0 Å². The molecule has 0 aromatic heterocycles. The second kappa shape index (κ2) is 13.7. The van der Waals surface area contributed by atoms with Crippen LogP contribution in [0.1, 0.15) is 36.8 Å². The Morgan fingerprint density at radius 2 is 1.55 bits per heavy atom. The number of anilines is 2. The molecule has 0 N–H and O–H groups in total. The SMILES string of the molecule is COC(=O)/C=C/c1cccc(N(Cc2ccc(-c3ccc(N(C)C)cc3)cc2)C(=O)C2CCC([S+](C)[O-])CC2)c1.